The summed E-state index contributed by atoms with van der Waals surface area (Å²) in [5.74, 6) is 1.13. The first-order valence-electron chi connectivity index (χ1n) is 2.29. The molecular formula is C4H9ClN2S. The van der Waals surface area contributed by atoms with Crippen molar-refractivity contribution < 1.29 is 0 Å². The fourth-order valence-corrected chi connectivity index (χ4v) is 1.22. The molecule has 0 aromatic heterocycles. The van der Waals surface area contributed by atoms with Crippen LogP contribution in [-0.4, -0.2) is 23.9 Å². The van der Waals surface area contributed by atoms with Crippen molar-refractivity contribution in [2.24, 2.45) is 10.7 Å². The fourth-order valence-electron chi connectivity index (χ4n) is 0.503. The van der Waals surface area contributed by atoms with Crippen LogP contribution >= 0.6 is 24.2 Å². The number of hydrogen-bond donors (Lipinski definition) is 1. The number of aliphatic imine (C=N–C) groups is 1. The highest BCUT2D eigenvalue weighted by atomic mass is 35.5. The van der Waals surface area contributed by atoms with Crippen LogP contribution in [0.15, 0.2) is 4.99 Å². The second-order valence-electron chi connectivity index (χ2n) is 1.33. The van der Waals surface area contributed by atoms with Gasteiger partial charge in [0.05, 0.1) is 5.04 Å². The molecule has 2 N–H and O–H groups in total. The van der Waals surface area contributed by atoms with Gasteiger partial charge in [0.25, 0.3) is 0 Å². The Bertz CT molecular complexity index is 94.0. The van der Waals surface area contributed by atoms with E-state index in [1.807, 2.05) is 0 Å². The van der Waals surface area contributed by atoms with Crippen molar-refractivity contribution in [3.05, 3.63) is 0 Å². The predicted molar refractivity (Wildman–Crippen MR) is 41.1 cm³/mol. The molecule has 8 heavy (non-hydrogen) atoms. The van der Waals surface area contributed by atoms with Crippen molar-refractivity contribution in [1.82, 2.24) is 0 Å². The van der Waals surface area contributed by atoms with E-state index in [0.717, 1.165) is 17.3 Å². The summed E-state index contributed by atoms with van der Waals surface area (Å²) in [6, 6.07) is 0. The molecule has 0 spiro atoms. The minimum absolute atomic E-state index is 0. The third-order valence-electron chi connectivity index (χ3n) is 0.823. The summed E-state index contributed by atoms with van der Waals surface area (Å²) >= 11 is 1.77. The Balaban J connectivity index is 0.000000490. The van der Waals surface area contributed by atoms with Crippen molar-refractivity contribution in [3.8, 4) is 0 Å². The van der Waals surface area contributed by atoms with Crippen molar-refractivity contribution >= 4 is 29.2 Å². The van der Waals surface area contributed by atoms with Crippen LogP contribution in [0.25, 0.3) is 0 Å². The maximum absolute atomic E-state index is 5.28. The third kappa shape index (κ3) is 2.03. The van der Waals surface area contributed by atoms with Gasteiger partial charge in [0.15, 0.2) is 0 Å². The maximum atomic E-state index is 5.28. The highest BCUT2D eigenvalue weighted by molar-refractivity contribution is 8.14. The third-order valence-corrected chi connectivity index (χ3v) is 1.84. The minimum Gasteiger partial charge on any atom is -0.325 e. The highest BCUT2D eigenvalue weighted by Gasteiger charge is 2.01. The van der Waals surface area contributed by atoms with E-state index >= 15 is 0 Å². The minimum atomic E-state index is 0. The summed E-state index contributed by atoms with van der Waals surface area (Å²) in [4.78, 5) is 4.11. The molecule has 1 rings (SSSR count). The van der Waals surface area contributed by atoms with Crippen LogP contribution in [0.1, 0.15) is 0 Å². The molecule has 4 heteroatoms. The summed E-state index contributed by atoms with van der Waals surface area (Å²) < 4.78 is 0. The maximum Gasteiger partial charge on any atom is 0.0813 e. The summed E-state index contributed by atoms with van der Waals surface area (Å²) in [6.07, 6.45) is 0. The van der Waals surface area contributed by atoms with Gasteiger partial charge in [-0.3, -0.25) is 4.99 Å². The molecule has 0 fully saturated rings. The van der Waals surface area contributed by atoms with E-state index in [4.69, 9.17) is 5.73 Å². The van der Waals surface area contributed by atoms with E-state index in [2.05, 4.69) is 4.99 Å². The number of halogens is 1. The van der Waals surface area contributed by atoms with Crippen LogP contribution in [0.2, 0.25) is 0 Å². The predicted octanol–water partition coefficient (Wildman–Crippen LogP) is 0.512. The number of rotatable bonds is 1. The van der Waals surface area contributed by atoms with E-state index in [1.54, 1.807) is 11.8 Å². The van der Waals surface area contributed by atoms with Crippen molar-refractivity contribution in [1.29, 1.82) is 0 Å². The Labute approximate surface area is 59.3 Å². The van der Waals surface area contributed by atoms with Gasteiger partial charge in [-0.25, -0.2) is 0 Å². The second kappa shape index (κ2) is 4.18. The van der Waals surface area contributed by atoms with Gasteiger partial charge in [0.2, 0.25) is 0 Å². The van der Waals surface area contributed by atoms with Crippen LogP contribution in [0.4, 0.5) is 0 Å². The van der Waals surface area contributed by atoms with Gasteiger partial charge in [0.1, 0.15) is 0 Å². The molecule has 0 saturated heterocycles. The number of thioether (sulfide) groups is 1. The zero-order valence-electron chi connectivity index (χ0n) is 4.46. The van der Waals surface area contributed by atoms with E-state index in [-0.39, 0.29) is 12.4 Å². The van der Waals surface area contributed by atoms with Crippen LogP contribution in [0, 0.1) is 0 Å². The van der Waals surface area contributed by atoms with Gasteiger partial charge in [-0.05, 0) is 0 Å². The molecule has 0 aromatic rings. The van der Waals surface area contributed by atoms with Crippen LogP contribution in [0.3, 0.4) is 0 Å². The van der Waals surface area contributed by atoms with Gasteiger partial charge in [-0.15, -0.1) is 24.2 Å². The number of nitrogens with zero attached hydrogens (tertiary/aromatic N) is 1. The Hall–Kier alpha value is 0.270. The zero-order chi connectivity index (χ0) is 5.11. The van der Waals surface area contributed by atoms with Gasteiger partial charge < -0.3 is 5.73 Å². The lowest BCUT2D eigenvalue weighted by atomic mass is 10.7. The molecule has 0 bridgehead atoms. The molecule has 0 radical (unpaired) electrons. The van der Waals surface area contributed by atoms with Crippen LogP contribution < -0.4 is 5.73 Å². The summed E-state index contributed by atoms with van der Waals surface area (Å²) in [5, 5.41) is 1.11. The molecule has 2 nitrogen and oxygen atoms in total. The quantitative estimate of drug-likeness (QED) is 0.595. The normalized spacial score (nSPS) is 17.4. The molecule has 1 aliphatic heterocycles. The molecule has 0 unspecified atom stereocenters. The number of hydrogen-bond acceptors (Lipinski definition) is 3. The van der Waals surface area contributed by atoms with E-state index < -0.39 is 0 Å². The monoisotopic (exact) mass is 152 g/mol. The molecule has 0 aliphatic carbocycles. The van der Waals surface area contributed by atoms with Crippen molar-refractivity contribution in [3.63, 3.8) is 0 Å². The molecule has 1 heterocycles. The zero-order valence-corrected chi connectivity index (χ0v) is 6.10. The first-order valence-corrected chi connectivity index (χ1v) is 3.28. The van der Waals surface area contributed by atoms with Gasteiger partial charge in [-0.1, -0.05) is 0 Å². The lowest BCUT2D eigenvalue weighted by Crippen LogP contribution is -2.07. The lowest BCUT2D eigenvalue weighted by molar-refractivity contribution is 1.16. The number of nitrogens with two attached hydrogens (primary N) is 1. The Morgan fingerprint density at radius 1 is 1.75 bits per heavy atom. The Morgan fingerprint density at radius 3 is 2.75 bits per heavy atom. The topological polar surface area (TPSA) is 38.4 Å². The van der Waals surface area contributed by atoms with Gasteiger partial charge >= 0.3 is 0 Å². The second-order valence-corrected chi connectivity index (χ2v) is 2.50. The van der Waals surface area contributed by atoms with E-state index in [9.17, 15) is 0 Å². The fraction of sp³-hybridized carbons (Fsp3) is 0.750. The smallest absolute Gasteiger partial charge is 0.0813 e. The summed E-state index contributed by atoms with van der Waals surface area (Å²) in [7, 11) is 0. The molecular weight excluding hydrogens is 144 g/mol. The summed E-state index contributed by atoms with van der Waals surface area (Å²) in [5.41, 5.74) is 5.28. The largest absolute Gasteiger partial charge is 0.325 e. The highest BCUT2D eigenvalue weighted by Crippen LogP contribution is 2.08. The molecule has 1 aliphatic rings. The Morgan fingerprint density at radius 2 is 2.50 bits per heavy atom. The average Bonchev–Trinajstić information content (AvgIpc) is 2.14. The van der Waals surface area contributed by atoms with E-state index in [1.165, 1.54) is 0 Å². The first kappa shape index (κ1) is 8.27. The van der Waals surface area contributed by atoms with Gasteiger partial charge in [-0.2, -0.15) is 0 Å². The molecule has 0 saturated carbocycles. The average molecular weight is 153 g/mol. The molecule has 0 atom stereocenters. The SMILES string of the molecule is Cl.NCC1=NCCS1. The first-order chi connectivity index (χ1) is 3.43. The molecule has 48 valence electrons. The standard InChI is InChI=1S/C4H8N2S.ClH/c5-3-4-6-1-2-7-4;/h1-3,5H2;1H. The summed E-state index contributed by atoms with van der Waals surface area (Å²) in [6.45, 7) is 1.60. The Kier molecular flexibility index (Phi) is 4.32. The molecule has 0 amide bonds. The van der Waals surface area contributed by atoms with Gasteiger partial charge in [0, 0.05) is 18.8 Å². The lowest BCUT2D eigenvalue weighted by Gasteiger charge is -1.86. The van der Waals surface area contributed by atoms with Crippen LogP contribution in [0.5, 0.6) is 0 Å². The van der Waals surface area contributed by atoms with Crippen molar-refractivity contribution in [2.45, 2.75) is 0 Å². The molecule has 0 aromatic carbocycles. The van der Waals surface area contributed by atoms with Crippen molar-refractivity contribution in [2.75, 3.05) is 18.8 Å². The van der Waals surface area contributed by atoms with Crippen LogP contribution in [-0.2, 0) is 0 Å². The van der Waals surface area contributed by atoms with E-state index in [0.29, 0.717) is 6.54 Å².